The largest absolute Gasteiger partial charge is 0.497 e. The van der Waals surface area contributed by atoms with Crippen LogP contribution in [0.25, 0.3) is 10.9 Å². The smallest absolute Gasteiger partial charge is 0.176 e. The molecule has 0 saturated heterocycles. The summed E-state index contributed by atoms with van der Waals surface area (Å²) in [6.45, 7) is 2.00. The fraction of sp³-hybridized carbons (Fsp3) is 0.158. The first-order valence-electron chi connectivity index (χ1n) is 7.44. The van der Waals surface area contributed by atoms with Crippen molar-refractivity contribution in [1.82, 2.24) is 4.98 Å². The van der Waals surface area contributed by atoms with E-state index in [1.54, 1.807) is 19.2 Å². The van der Waals surface area contributed by atoms with E-state index in [0.717, 1.165) is 27.2 Å². The van der Waals surface area contributed by atoms with E-state index in [4.69, 9.17) is 4.74 Å². The molecule has 0 radical (unpaired) electrons. The zero-order valence-electron chi connectivity index (χ0n) is 13.4. The van der Waals surface area contributed by atoms with Gasteiger partial charge in [-0.3, -0.25) is 4.79 Å². The van der Waals surface area contributed by atoms with Gasteiger partial charge in [-0.25, -0.2) is 9.37 Å². The molecule has 0 unspecified atom stereocenters. The number of thioether (sulfide) groups is 1. The maximum absolute atomic E-state index is 13.7. The minimum atomic E-state index is -0.490. The topological polar surface area (TPSA) is 39.2 Å². The number of benzene rings is 2. The number of rotatable bonds is 5. The molecule has 0 bridgehead atoms. The number of nitrogens with zero attached hydrogens (tertiary/aromatic N) is 1. The summed E-state index contributed by atoms with van der Waals surface area (Å²) in [5.41, 5.74) is 2.00. The van der Waals surface area contributed by atoms with Crippen molar-refractivity contribution in [3.8, 4) is 5.75 Å². The van der Waals surface area contributed by atoms with Gasteiger partial charge in [0.25, 0.3) is 0 Å². The number of ether oxygens (including phenoxy) is 1. The third-order valence-corrected chi connectivity index (χ3v) is 4.64. The summed E-state index contributed by atoms with van der Waals surface area (Å²) < 4.78 is 18.9. The third kappa shape index (κ3) is 3.41. The number of halogens is 1. The molecule has 0 aliphatic heterocycles. The van der Waals surface area contributed by atoms with Crippen molar-refractivity contribution in [3.05, 3.63) is 65.5 Å². The highest BCUT2D eigenvalue weighted by Gasteiger charge is 2.12. The molecule has 0 saturated carbocycles. The van der Waals surface area contributed by atoms with Gasteiger partial charge in [0, 0.05) is 11.5 Å². The van der Waals surface area contributed by atoms with Crippen LogP contribution in [0, 0.1) is 12.7 Å². The average Bonchev–Trinajstić information content (AvgIpc) is 2.59. The lowest BCUT2D eigenvalue weighted by Crippen LogP contribution is -2.05. The molecule has 5 heteroatoms. The number of carbonyl (C=O) groups is 1. The van der Waals surface area contributed by atoms with E-state index >= 15 is 0 Å². The molecular formula is C19H16FNO2S. The Labute approximate surface area is 143 Å². The Morgan fingerprint density at radius 2 is 2.00 bits per heavy atom. The Morgan fingerprint density at radius 3 is 2.75 bits per heavy atom. The predicted octanol–water partition coefficient (Wildman–Crippen LogP) is 4.67. The zero-order chi connectivity index (χ0) is 17.1. The molecule has 2 aromatic carbocycles. The molecule has 0 aliphatic carbocycles. The van der Waals surface area contributed by atoms with Gasteiger partial charge in [0.05, 0.1) is 29.0 Å². The molecule has 1 heterocycles. The van der Waals surface area contributed by atoms with Gasteiger partial charge in [0.1, 0.15) is 11.6 Å². The van der Waals surface area contributed by atoms with Gasteiger partial charge in [-0.1, -0.05) is 23.9 Å². The van der Waals surface area contributed by atoms with Gasteiger partial charge >= 0.3 is 0 Å². The standard InChI is InChI=1S/C19H16FNO2S/c1-12-9-19(21-17-10-13(23-2)7-8-14(12)17)24-11-18(22)15-5-3-4-6-16(15)20/h3-10H,11H2,1-2H3. The van der Waals surface area contributed by atoms with Crippen LogP contribution in [0.15, 0.2) is 53.6 Å². The molecule has 3 aromatic rings. The van der Waals surface area contributed by atoms with Crippen LogP contribution in [-0.2, 0) is 0 Å². The molecule has 1 aromatic heterocycles. The Bertz CT molecular complexity index is 911. The second-order valence-electron chi connectivity index (χ2n) is 5.35. The Kier molecular flexibility index (Phi) is 4.81. The number of hydrogen-bond acceptors (Lipinski definition) is 4. The van der Waals surface area contributed by atoms with Crippen LogP contribution in [0.5, 0.6) is 5.75 Å². The molecule has 0 amide bonds. The van der Waals surface area contributed by atoms with E-state index < -0.39 is 5.82 Å². The third-order valence-electron chi connectivity index (χ3n) is 3.73. The van der Waals surface area contributed by atoms with Gasteiger partial charge in [0.15, 0.2) is 5.78 Å². The lowest BCUT2D eigenvalue weighted by atomic mass is 10.1. The van der Waals surface area contributed by atoms with Crippen molar-refractivity contribution < 1.29 is 13.9 Å². The lowest BCUT2D eigenvalue weighted by molar-refractivity contribution is 0.101. The van der Waals surface area contributed by atoms with Gasteiger partial charge in [-0.15, -0.1) is 0 Å². The van der Waals surface area contributed by atoms with Crippen LogP contribution in [0.1, 0.15) is 15.9 Å². The molecule has 122 valence electrons. The van der Waals surface area contributed by atoms with Crippen LogP contribution in [0.3, 0.4) is 0 Å². The van der Waals surface area contributed by atoms with Crippen LogP contribution in [0.2, 0.25) is 0 Å². The fourth-order valence-electron chi connectivity index (χ4n) is 2.46. The van der Waals surface area contributed by atoms with Crippen molar-refractivity contribution in [2.24, 2.45) is 0 Å². The number of hydrogen-bond donors (Lipinski definition) is 0. The minimum Gasteiger partial charge on any atom is -0.497 e. The van der Waals surface area contributed by atoms with Gasteiger partial charge < -0.3 is 4.74 Å². The van der Waals surface area contributed by atoms with E-state index in [1.807, 2.05) is 31.2 Å². The van der Waals surface area contributed by atoms with Gasteiger partial charge in [-0.05, 0) is 42.8 Å². The maximum atomic E-state index is 13.7. The highest BCUT2D eigenvalue weighted by Crippen LogP contribution is 2.27. The number of pyridine rings is 1. The molecule has 3 nitrogen and oxygen atoms in total. The molecule has 0 spiro atoms. The second-order valence-corrected chi connectivity index (χ2v) is 6.35. The molecule has 3 rings (SSSR count). The van der Waals surface area contributed by atoms with Crippen LogP contribution >= 0.6 is 11.8 Å². The number of ketones is 1. The van der Waals surface area contributed by atoms with E-state index in [1.165, 1.54) is 23.9 Å². The molecule has 0 atom stereocenters. The average molecular weight is 341 g/mol. The van der Waals surface area contributed by atoms with Crippen molar-refractivity contribution in [2.75, 3.05) is 12.9 Å². The molecule has 0 aliphatic rings. The number of methoxy groups -OCH3 is 1. The molecule has 24 heavy (non-hydrogen) atoms. The highest BCUT2D eigenvalue weighted by atomic mass is 32.2. The number of carbonyl (C=O) groups excluding carboxylic acids is 1. The summed E-state index contributed by atoms with van der Waals surface area (Å²) in [6, 6.07) is 13.7. The summed E-state index contributed by atoms with van der Waals surface area (Å²) in [5, 5.41) is 1.78. The Morgan fingerprint density at radius 1 is 1.21 bits per heavy atom. The monoisotopic (exact) mass is 341 g/mol. The molecule has 0 N–H and O–H groups in total. The first-order chi connectivity index (χ1) is 11.6. The Hall–Kier alpha value is -2.40. The van der Waals surface area contributed by atoms with Crippen molar-refractivity contribution in [2.45, 2.75) is 11.9 Å². The number of fused-ring (bicyclic) bond motifs is 1. The summed E-state index contributed by atoms with van der Waals surface area (Å²) in [4.78, 5) is 16.7. The fourth-order valence-corrected chi connectivity index (χ4v) is 3.31. The highest BCUT2D eigenvalue weighted by molar-refractivity contribution is 7.99. The van der Waals surface area contributed by atoms with E-state index in [2.05, 4.69) is 4.98 Å². The van der Waals surface area contributed by atoms with E-state index in [9.17, 15) is 9.18 Å². The summed E-state index contributed by atoms with van der Waals surface area (Å²) in [5.74, 6) is 0.140. The zero-order valence-corrected chi connectivity index (χ0v) is 14.2. The van der Waals surface area contributed by atoms with Crippen LogP contribution < -0.4 is 4.74 Å². The predicted molar refractivity (Wildman–Crippen MR) is 94.5 cm³/mol. The van der Waals surface area contributed by atoms with Crippen molar-refractivity contribution in [3.63, 3.8) is 0 Å². The van der Waals surface area contributed by atoms with Crippen molar-refractivity contribution in [1.29, 1.82) is 0 Å². The number of Topliss-reactive ketones (excluding diaryl/α,β-unsaturated/α-hetero) is 1. The van der Waals surface area contributed by atoms with Crippen LogP contribution in [-0.4, -0.2) is 23.6 Å². The second kappa shape index (κ2) is 7.01. The molecular weight excluding hydrogens is 325 g/mol. The normalized spacial score (nSPS) is 10.8. The first kappa shape index (κ1) is 16.5. The number of aryl methyl sites for hydroxylation is 1. The van der Waals surface area contributed by atoms with Gasteiger partial charge in [-0.2, -0.15) is 0 Å². The maximum Gasteiger partial charge on any atom is 0.176 e. The lowest BCUT2D eigenvalue weighted by Gasteiger charge is -2.08. The summed E-state index contributed by atoms with van der Waals surface area (Å²) in [6.07, 6.45) is 0. The Balaban J connectivity index is 1.82. The summed E-state index contributed by atoms with van der Waals surface area (Å²) in [7, 11) is 1.61. The minimum absolute atomic E-state index is 0.115. The molecule has 0 fully saturated rings. The van der Waals surface area contributed by atoms with Crippen molar-refractivity contribution >= 4 is 28.4 Å². The quantitative estimate of drug-likeness (QED) is 0.499. The number of aromatic nitrogens is 1. The summed E-state index contributed by atoms with van der Waals surface area (Å²) >= 11 is 1.31. The SMILES string of the molecule is COc1ccc2c(C)cc(SCC(=O)c3ccccc3F)nc2c1. The first-order valence-corrected chi connectivity index (χ1v) is 8.43. The van der Waals surface area contributed by atoms with E-state index in [0.29, 0.717) is 0 Å². The van der Waals surface area contributed by atoms with Crippen LogP contribution in [0.4, 0.5) is 4.39 Å². The van der Waals surface area contributed by atoms with E-state index in [-0.39, 0.29) is 17.1 Å². The van der Waals surface area contributed by atoms with Gasteiger partial charge in [0.2, 0.25) is 0 Å².